The molecule has 2 aromatic carbocycles. The number of aliphatic hydroxyl groups excluding tert-OH is 1. The van der Waals surface area contributed by atoms with Gasteiger partial charge in [0, 0.05) is 6.20 Å². The molecule has 0 bridgehead atoms. The van der Waals surface area contributed by atoms with E-state index in [0.29, 0.717) is 11.3 Å². The Kier molecular flexibility index (Phi) is 6.87. The molecule has 0 radical (unpaired) electrons. The number of amides is 1. The molecule has 1 amide bonds. The highest BCUT2D eigenvalue weighted by atomic mass is 19.2. The topological polar surface area (TPSA) is 92.0 Å². The van der Waals surface area contributed by atoms with Crippen LogP contribution in [0.2, 0.25) is 0 Å². The molecule has 2 N–H and O–H groups in total. The lowest BCUT2D eigenvalue weighted by Gasteiger charge is -2.15. The van der Waals surface area contributed by atoms with Gasteiger partial charge in [-0.2, -0.15) is 0 Å². The zero-order valence-corrected chi connectivity index (χ0v) is 18.9. The van der Waals surface area contributed by atoms with Gasteiger partial charge in [0.15, 0.2) is 17.5 Å². The quantitative estimate of drug-likeness (QED) is 0.397. The van der Waals surface area contributed by atoms with Gasteiger partial charge in [-0.05, 0) is 48.4 Å². The first-order valence-electron chi connectivity index (χ1n) is 10.6. The zero-order valence-electron chi connectivity index (χ0n) is 18.9. The maximum atomic E-state index is 13.7. The van der Waals surface area contributed by atoms with E-state index in [0.717, 1.165) is 28.4 Å². The fourth-order valence-corrected chi connectivity index (χ4v) is 3.61. The van der Waals surface area contributed by atoms with Crippen LogP contribution in [0.25, 0.3) is 11.8 Å². The molecule has 3 aromatic rings. The minimum atomic E-state index is -1.59. The summed E-state index contributed by atoms with van der Waals surface area (Å²) in [7, 11) is 1.53. The number of aryl methyl sites for hydroxylation is 1. The number of carbonyl (C=O) groups is 1. The van der Waals surface area contributed by atoms with Gasteiger partial charge in [-0.25, -0.2) is 18.2 Å². The number of benzene rings is 2. The lowest BCUT2D eigenvalue weighted by atomic mass is 10.1. The van der Waals surface area contributed by atoms with Crippen LogP contribution < -0.4 is 10.1 Å². The number of aliphatic imine (C=N–C) groups is 1. The number of hydrogen-bond acceptors (Lipinski definition) is 5. The maximum absolute atomic E-state index is 13.7. The largest absolute Gasteiger partial charge is 0.495 e. The van der Waals surface area contributed by atoms with Crippen LogP contribution in [-0.4, -0.2) is 51.7 Å². The molecule has 0 spiro atoms. The van der Waals surface area contributed by atoms with Crippen LogP contribution in [0, 0.1) is 24.4 Å². The average molecular weight is 485 g/mol. The molecule has 0 aliphatic carbocycles. The summed E-state index contributed by atoms with van der Waals surface area (Å²) >= 11 is 0. The molecule has 1 saturated heterocycles. The highest BCUT2D eigenvalue weighted by Gasteiger charge is 2.32. The summed E-state index contributed by atoms with van der Waals surface area (Å²) in [6.07, 6.45) is 5.09. The fraction of sp³-hybridized carbons (Fsp3) is 0.208. The van der Waals surface area contributed by atoms with E-state index in [1.807, 2.05) is 23.8 Å². The van der Waals surface area contributed by atoms with E-state index in [4.69, 9.17) is 9.84 Å². The summed E-state index contributed by atoms with van der Waals surface area (Å²) in [4.78, 5) is 22.6. The zero-order chi connectivity index (χ0) is 25.1. The number of nitrogens with zero attached hydrogens (tertiary/aromatic N) is 4. The van der Waals surface area contributed by atoms with Crippen molar-refractivity contribution >= 4 is 17.9 Å². The molecular weight excluding hydrogens is 463 g/mol. The number of rotatable bonds is 7. The molecule has 1 aromatic heterocycles. The minimum Gasteiger partial charge on any atom is -0.495 e. The Labute approximate surface area is 199 Å². The van der Waals surface area contributed by atoms with Gasteiger partial charge in [-0.3, -0.25) is 14.7 Å². The Morgan fingerprint density at radius 1 is 1.20 bits per heavy atom. The van der Waals surface area contributed by atoms with Crippen LogP contribution in [0.15, 0.2) is 53.5 Å². The second-order valence-corrected chi connectivity index (χ2v) is 7.73. The number of ether oxygens (including phenoxy) is 1. The Bertz CT molecular complexity index is 1310. The summed E-state index contributed by atoms with van der Waals surface area (Å²) in [5.74, 6) is -4.17. The van der Waals surface area contributed by atoms with Gasteiger partial charge in [-0.1, -0.05) is 6.07 Å². The number of methoxy groups -OCH3 is 1. The summed E-state index contributed by atoms with van der Waals surface area (Å²) in [5.41, 5.74) is 2.43. The Balaban J connectivity index is 1.65. The van der Waals surface area contributed by atoms with E-state index in [1.54, 1.807) is 24.5 Å². The number of guanidine groups is 1. The number of halogens is 3. The molecule has 0 saturated carbocycles. The molecule has 11 heteroatoms. The third kappa shape index (κ3) is 5.04. The molecule has 0 atom stereocenters. The normalized spacial score (nSPS) is 15.8. The van der Waals surface area contributed by atoms with Crippen molar-refractivity contribution in [2.24, 2.45) is 4.99 Å². The van der Waals surface area contributed by atoms with Crippen LogP contribution in [-0.2, 0) is 11.3 Å². The van der Waals surface area contributed by atoms with E-state index >= 15 is 0 Å². The molecule has 8 nitrogen and oxygen atoms in total. The van der Waals surface area contributed by atoms with Crippen molar-refractivity contribution in [1.82, 2.24) is 19.8 Å². The second kappa shape index (κ2) is 10.0. The minimum absolute atomic E-state index is 0.00161. The molecule has 4 rings (SSSR count). The molecule has 35 heavy (non-hydrogen) atoms. The summed E-state index contributed by atoms with van der Waals surface area (Å²) in [6.45, 7) is 1.34. The molecule has 1 fully saturated rings. The van der Waals surface area contributed by atoms with E-state index in [9.17, 15) is 18.0 Å². The number of hydrogen-bond donors (Lipinski definition) is 2. The van der Waals surface area contributed by atoms with E-state index in [-0.39, 0.29) is 36.9 Å². The molecule has 1 aliphatic rings. The number of aliphatic hydroxyl groups is 1. The first-order valence-corrected chi connectivity index (χ1v) is 10.6. The van der Waals surface area contributed by atoms with Crippen molar-refractivity contribution in [3.63, 3.8) is 0 Å². The lowest BCUT2D eigenvalue weighted by molar-refractivity contribution is -0.122. The number of aromatic nitrogens is 2. The van der Waals surface area contributed by atoms with Crippen molar-refractivity contribution in [3.05, 3.63) is 82.8 Å². The monoisotopic (exact) mass is 485 g/mol. The van der Waals surface area contributed by atoms with Crippen molar-refractivity contribution < 1.29 is 27.8 Å². The smallest absolute Gasteiger partial charge is 0.277 e. The van der Waals surface area contributed by atoms with E-state index in [2.05, 4.69) is 15.3 Å². The van der Waals surface area contributed by atoms with Gasteiger partial charge in [0.25, 0.3) is 5.91 Å². The van der Waals surface area contributed by atoms with Gasteiger partial charge >= 0.3 is 0 Å². The van der Waals surface area contributed by atoms with Crippen LogP contribution in [0.1, 0.15) is 16.8 Å². The van der Waals surface area contributed by atoms with Crippen molar-refractivity contribution in [3.8, 4) is 11.4 Å². The van der Waals surface area contributed by atoms with Gasteiger partial charge in [0.05, 0.1) is 44.5 Å². The summed E-state index contributed by atoms with van der Waals surface area (Å²) in [6, 6.07) is 6.98. The van der Waals surface area contributed by atoms with E-state index < -0.39 is 23.4 Å². The van der Waals surface area contributed by atoms with Crippen LogP contribution in [0.3, 0.4) is 0 Å². The lowest BCUT2D eigenvalue weighted by Crippen LogP contribution is -2.32. The van der Waals surface area contributed by atoms with Gasteiger partial charge < -0.3 is 19.7 Å². The number of nitrogens with one attached hydrogen (secondary N) is 1. The second-order valence-electron chi connectivity index (χ2n) is 7.73. The van der Waals surface area contributed by atoms with Gasteiger partial charge in [-0.15, -0.1) is 0 Å². The molecule has 2 heterocycles. The molecular formula is C24H22F3N5O3. The summed E-state index contributed by atoms with van der Waals surface area (Å²) in [5, 5.41) is 12.0. The number of imidazole rings is 1. The standard InChI is InChI=1S/C24H22F3N5O3/c1-14-11-31(13-29-14)20-4-3-15(10-21(20)35-2)9-19-23(34)32(24(30-19)28-5-6-33)12-16-7-17(25)22(27)18(26)8-16/h3-4,7-11,13,33H,5-6,12H2,1-2H3,(H,28,30)/b19-9-. The van der Waals surface area contributed by atoms with Crippen molar-refractivity contribution in [2.75, 3.05) is 20.3 Å². The Morgan fingerprint density at radius 3 is 2.57 bits per heavy atom. The van der Waals surface area contributed by atoms with Gasteiger partial charge in [0.1, 0.15) is 11.4 Å². The predicted octanol–water partition coefficient (Wildman–Crippen LogP) is 2.93. The first kappa shape index (κ1) is 24.0. The average Bonchev–Trinajstić information content (AvgIpc) is 3.39. The van der Waals surface area contributed by atoms with Gasteiger partial charge in [0.2, 0.25) is 5.96 Å². The molecule has 1 aliphatic heterocycles. The third-order valence-electron chi connectivity index (χ3n) is 5.23. The molecule has 0 unspecified atom stereocenters. The Morgan fingerprint density at radius 2 is 1.94 bits per heavy atom. The summed E-state index contributed by atoms with van der Waals surface area (Å²) < 4.78 is 48.0. The van der Waals surface area contributed by atoms with Crippen LogP contribution >= 0.6 is 0 Å². The highest BCUT2D eigenvalue weighted by Crippen LogP contribution is 2.27. The van der Waals surface area contributed by atoms with Crippen LogP contribution in [0.5, 0.6) is 5.75 Å². The third-order valence-corrected chi connectivity index (χ3v) is 5.23. The Hall–Kier alpha value is -4.12. The van der Waals surface area contributed by atoms with Crippen LogP contribution in [0.4, 0.5) is 13.2 Å². The van der Waals surface area contributed by atoms with E-state index in [1.165, 1.54) is 7.11 Å². The molecule has 182 valence electrons. The number of carbonyl (C=O) groups excluding carboxylic acids is 1. The highest BCUT2D eigenvalue weighted by molar-refractivity contribution is 6.15. The van der Waals surface area contributed by atoms with Crippen molar-refractivity contribution in [1.29, 1.82) is 0 Å². The fourth-order valence-electron chi connectivity index (χ4n) is 3.61. The maximum Gasteiger partial charge on any atom is 0.277 e. The predicted molar refractivity (Wildman–Crippen MR) is 122 cm³/mol. The SMILES string of the molecule is COc1cc(/C=C2\N/C(=N\CCO)N(Cc3cc(F)c(F)c(F)c3)C2=O)ccc1-n1cnc(C)c1. The van der Waals surface area contributed by atoms with Crippen molar-refractivity contribution in [2.45, 2.75) is 13.5 Å². The first-order chi connectivity index (χ1) is 16.8.